The Kier molecular flexibility index (Phi) is 4.88. The smallest absolute Gasteiger partial charge is 0.354 e. The maximum Gasteiger partial charge on any atom is 0.354 e. The van der Waals surface area contributed by atoms with Crippen molar-refractivity contribution in [1.29, 1.82) is 0 Å². The SMILES string of the molecule is Cc1cc(NC(=O)NCC2CCCCC2C)c(C(=O)O)[nH]1. The third-order valence-corrected chi connectivity index (χ3v) is 4.23. The summed E-state index contributed by atoms with van der Waals surface area (Å²) in [6, 6.07) is 1.26. The van der Waals surface area contributed by atoms with Crippen LogP contribution in [0.4, 0.5) is 10.5 Å². The predicted octanol–water partition coefficient (Wildman–Crippen LogP) is 2.97. The fourth-order valence-corrected chi connectivity index (χ4v) is 2.94. The number of amides is 2. The van der Waals surface area contributed by atoms with Gasteiger partial charge in [-0.25, -0.2) is 9.59 Å². The highest BCUT2D eigenvalue weighted by atomic mass is 16.4. The van der Waals surface area contributed by atoms with Gasteiger partial charge in [-0.05, 0) is 31.2 Å². The van der Waals surface area contributed by atoms with Crippen LogP contribution in [0.3, 0.4) is 0 Å². The van der Waals surface area contributed by atoms with Crippen molar-refractivity contribution in [3.63, 3.8) is 0 Å². The topological polar surface area (TPSA) is 94.2 Å². The van der Waals surface area contributed by atoms with Crippen LogP contribution in [0, 0.1) is 18.8 Å². The highest BCUT2D eigenvalue weighted by Crippen LogP contribution is 2.28. The number of H-pyrrole nitrogens is 1. The van der Waals surface area contributed by atoms with Crippen molar-refractivity contribution in [2.24, 2.45) is 11.8 Å². The molecule has 0 aliphatic heterocycles. The molecule has 1 aromatic heterocycles. The first-order valence-electron chi connectivity index (χ1n) is 7.45. The fourth-order valence-electron chi connectivity index (χ4n) is 2.94. The van der Waals surface area contributed by atoms with Crippen LogP contribution in [-0.4, -0.2) is 28.6 Å². The van der Waals surface area contributed by atoms with Crippen LogP contribution < -0.4 is 10.6 Å². The lowest BCUT2D eigenvalue weighted by Gasteiger charge is -2.28. The first-order chi connectivity index (χ1) is 9.97. The van der Waals surface area contributed by atoms with E-state index < -0.39 is 5.97 Å². The average Bonchev–Trinajstić information content (AvgIpc) is 2.79. The summed E-state index contributed by atoms with van der Waals surface area (Å²) in [7, 11) is 0. The molecule has 2 atom stereocenters. The van der Waals surface area contributed by atoms with E-state index >= 15 is 0 Å². The van der Waals surface area contributed by atoms with Crippen LogP contribution >= 0.6 is 0 Å². The molecule has 21 heavy (non-hydrogen) atoms. The number of anilines is 1. The van der Waals surface area contributed by atoms with E-state index in [9.17, 15) is 9.59 Å². The Bertz CT molecular complexity index is 524. The lowest BCUT2D eigenvalue weighted by atomic mass is 9.80. The van der Waals surface area contributed by atoms with Crippen molar-refractivity contribution >= 4 is 17.7 Å². The molecule has 2 amide bonds. The number of carboxylic acid groups (broad SMARTS) is 1. The minimum Gasteiger partial charge on any atom is -0.477 e. The quantitative estimate of drug-likeness (QED) is 0.687. The van der Waals surface area contributed by atoms with Gasteiger partial charge in [-0.15, -0.1) is 0 Å². The van der Waals surface area contributed by atoms with Crippen LogP contribution in [0.5, 0.6) is 0 Å². The van der Waals surface area contributed by atoms with Gasteiger partial charge in [-0.1, -0.05) is 26.2 Å². The van der Waals surface area contributed by atoms with Crippen molar-refractivity contribution < 1.29 is 14.7 Å². The van der Waals surface area contributed by atoms with E-state index in [0.717, 1.165) is 6.42 Å². The second kappa shape index (κ2) is 6.65. The molecule has 0 saturated heterocycles. The maximum atomic E-state index is 11.9. The Morgan fingerprint density at radius 2 is 2.10 bits per heavy atom. The summed E-state index contributed by atoms with van der Waals surface area (Å²) < 4.78 is 0. The van der Waals surface area contributed by atoms with E-state index in [0.29, 0.717) is 29.8 Å². The van der Waals surface area contributed by atoms with Gasteiger partial charge in [0.15, 0.2) is 0 Å². The van der Waals surface area contributed by atoms with Crippen LogP contribution in [0.1, 0.15) is 48.8 Å². The minimum absolute atomic E-state index is 0.00804. The van der Waals surface area contributed by atoms with Gasteiger partial charge in [-0.2, -0.15) is 0 Å². The van der Waals surface area contributed by atoms with E-state index in [1.165, 1.54) is 19.3 Å². The summed E-state index contributed by atoms with van der Waals surface area (Å²) in [6.45, 7) is 4.61. The van der Waals surface area contributed by atoms with E-state index in [1.807, 2.05) is 0 Å². The van der Waals surface area contributed by atoms with Crippen LogP contribution in [-0.2, 0) is 0 Å². The molecule has 2 unspecified atom stereocenters. The summed E-state index contributed by atoms with van der Waals surface area (Å²) in [5.41, 5.74) is 1.01. The molecular weight excluding hydrogens is 270 g/mol. The number of carboxylic acids is 1. The summed E-state index contributed by atoms with van der Waals surface area (Å²) in [4.78, 5) is 25.7. The third-order valence-electron chi connectivity index (χ3n) is 4.23. The summed E-state index contributed by atoms with van der Waals surface area (Å²) >= 11 is 0. The molecule has 1 saturated carbocycles. The molecule has 6 heteroatoms. The van der Waals surface area contributed by atoms with E-state index in [1.54, 1.807) is 13.0 Å². The van der Waals surface area contributed by atoms with Crippen molar-refractivity contribution in [3.05, 3.63) is 17.5 Å². The highest BCUT2D eigenvalue weighted by molar-refractivity contribution is 5.99. The number of carbonyl (C=O) groups is 2. The minimum atomic E-state index is -1.08. The molecule has 6 nitrogen and oxygen atoms in total. The van der Waals surface area contributed by atoms with E-state index in [4.69, 9.17) is 5.11 Å². The Morgan fingerprint density at radius 3 is 2.76 bits per heavy atom. The lowest BCUT2D eigenvalue weighted by molar-refractivity contribution is 0.0692. The van der Waals surface area contributed by atoms with Gasteiger partial charge in [0.05, 0.1) is 5.69 Å². The first-order valence-corrected chi connectivity index (χ1v) is 7.45. The van der Waals surface area contributed by atoms with Crippen molar-refractivity contribution in [2.75, 3.05) is 11.9 Å². The van der Waals surface area contributed by atoms with Gasteiger partial charge in [-0.3, -0.25) is 0 Å². The molecule has 1 aromatic rings. The second-order valence-electron chi connectivity index (χ2n) is 5.90. The number of aryl methyl sites for hydroxylation is 1. The molecule has 1 aliphatic rings. The van der Waals surface area contributed by atoms with Gasteiger partial charge in [0.1, 0.15) is 5.69 Å². The highest BCUT2D eigenvalue weighted by Gasteiger charge is 2.22. The van der Waals surface area contributed by atoms with Gasteiger partial charge in [0.2, 0.25) is 0 Å². The second-order valence-corrected chi connectivity index (χ2v) is 5.90. The van der Waals surface area contributed by atoms with E-state index in [-0.39, 0.29) is 11.7 Å². The number of rotatable bonds is 4. The zero-order chi connectivity index (χ0) is 15.4. The molecule has 1 fully saturated rings. The molecule has 116 valence electrons. The molecule has 2 rings (SSSR count). The van der Waals surface area contributed by atoms with Crippen molar-refractivity contribution in [2.45, 2.75) is 39.5 Å². The third kappa shape index (κ3) is 4.00. The van der Waals surface area contributed by atoms with Crippen molar-refractivity contribution in [1.82, 2.24) is 10.3 Å². The van der Waals surface area contributed by atoms with Gasteiger partial charge in [0, 0.05) is 12.2 Å². The summed E-state index contributed by atoms with van der Waals surface area (Å²) in [5, 5.41) is 14.5. The standard InChI is InChI=1S/C15H23N3O3/c1-9-5-3-4-6-11(9)8-16-15(21)18-12-7-10(2)17-13(12)14(19)20/h7,9,11,17H,3-6,8H2,1-2H3,(H,19,20)(H2,16,18,21). The van der Waals surface area contributed by atoms with Gasteiger partial charge >= 0.3 is 12.0 Å². The lowest BCUT2D eigenvalue weighted by Crippen LogP contribution is -2.36. The molecule has 0 spiro atoms. The number of hydrogen-bond donors (Lipinski definition) is 4. The number of nitrogens with one attached hydrogen (secondary N) is 3. The van der Waals surface area contributed by atoms with E-state index in [2.05, 4.69) is 22.5 Å². The average molecular weight is 293 g/mol. The van der Waals surface area contributed by atoms with Crippen molar-refractivity contribution in [3.8, 4) is 0 Å². The number of aromatic nitrogens is 1. The van der Waals surface area contributed by atoms with Crippen LogP contribution in [0.2, 0.25) is 0 Å². The number of hydrogen-bond acceptors (Lipinski definition) is 2. The van der Waals surface area contributed by atoms with Crippen LogP contribution in [0.25, 0.3) is 0 Å². The Hall–Kier alpha value is -1.98. The number of aromatic carboxylic acids is 1. The number of urea groups is 1. The predicted molar refractivity (Wildman–Crippen MR) is 80.6 cm³/mol. The maximum absolute atomic E-state index is 11.9. The number of carbonyl (C=O) groups excluding carboxylic acids is 1. The Morgan fingerprint density at radius 1 is 1.38 bits per heavy atom. The molecule has 0 bridgehead atoms. The normalized spacial score (nSPS) is 21.8. The van der Waals surface area contributed by atoms with Gasteiger partial charge in [0.25, 0.3) is 0 Å². The summed E-state index contributed by atoms with van der Waals surface area (Å²) in [6.07, 6.45) is 4.85. The zero-order valence-corrected chi connectivity index (χ0v) is 12.5. The van der Waals surface area contributed by atoms with Gasteiger partial charge < -0.3 is 20.7 Å². The number of aromatic amines is 1. The molecule has 4 N–H and O–H groups in total. The molecule has 0 aromatic carbocycles. The van der Waals surface area contributed by atoms with Crippen LogP contribution in [0.15, 0.2) is 6.07 Å². The molecule has 1 heterocycles. The molecular formula is C15H23N3O3. The fraction of sp³-hybridized carbons (Fsp3) is 0.600. The molecule has 1 aliphatic carbocycles. The largest absolute Gasteiger partial charge is 0.477 e. The molecule has 0 radical (unpaired) electrons. The Labute approximate surface area is 124 Å². The monoisotopic (exact) mass is 293 g/mol. The summed E-state index contributed by atoms with van der Waals surface area (Å²) in [5.74, 6) is 0.0545. The Balaban J connectivity index is 1.88. The zero-order valence-electron chi connectivity index (χ0n) is 12.5. The first kappa shape index (κ1) is 15.4.